The molecule has 1 aromatic carbocycles. The number of amides is 1. The highest BCUT2D eigenvalue weighted by Crippen LogP contribution is 2.19. The Morgan fingerprint density at radius 1 is 1.30 bits per heavy atom. The molecule has 1 aromatic rings. The number of likely N-dealkylation sites (tertiary alicyclic amines) is 1. The van der Waals surface area contributed by atoms with Gasteiger partial charge >= 0.3 is 0 Å². The third-order valence-corrected chi connectivity index (χ3v) is 4.58. The molecule has 1 saturated heterocycles. The van der Waals surface area contributed by atoms with Gasteiger partial charge in [-0.05, 0) is 44.5 Å². The highest BCUT2D eigenvalue weighted by Gasteiger charge is 2.24. The molecule has 1 unspecified atom stereocenters. The van der Waals surface area contributed by atoms with Gasteiger partial charge in [0.15, 0.2) is 11.6 Å². The number of ether oxygens (including phenoxy) is 1. The number of halogens is 1. The standard InChI is InChI=1S/C18H27FN2O2/c1-14(18(22)21-10-6-4-5-7-11-21)20(2)13-15-8-9-17(23-3)16(19)12-15/h8-9,12,14H,4-7,10-11,13H2,1-3H3. The molecule has 1 amide bonds. The summed E-state index contributed by atoms with van der Waals surface area (Å²) in [5, 5.41) is 0. The fourth-order valence-corrected chi connectivity index (χ4v) is 2.98. The topological polar surface area (TPSA) is 32.8 Å². The summed E-state index contributed by atoms with van der Waals surface area (Å²) in [6.07, 6.45) is 4.59. The summed E-state index contributed by atoms with van der Waals surface area (Å²) in [5.74, 6) is 0.0402. The molecule has 1 atom stereocenters. The zero-order chi connectivity index (χ0) is 16.8. The number of hydrogen-bond donors (Lipinski definition) is 0. The van der Waals surface area contributed by atoms with Crippen LogP contribution in [0.2, 0.25) is 0 Å². The van der Waals surface area contributed by atoms with Crippen LogP contribution in [0.4, 0.5) is 4.39 Å². The van der Waals surface area contributed by atoms with Crippen molar-refractivity contribution in [2.45, 2.75) is 45.2 Å². The molecule has 1 heterocycles. The van der Waals surface area contributed by atoms with E-state index in [1.54, 1.807) is 6.07 Å². The first-order chi connectivity index (χ1) is 11.0. The number of nitrogens with zero attached hydrogens (tertiary/aromatic N) is 2. The molecular formula is C18H27FN2O2. The van der Waals surface area contributed by atoms with Crippen molar-refractivity contribution in [2.75, 3.05) is 27.2 Å². The lowest BCUT2D eigenvalue weighted by molar-refractivity contribution is -0.136. The second-order valence-electron chi connectivity index (χ2n) is 6.30. The smallest absolute Gasteiger partial charge is 0.239 e. The Hall–Kier alpha value is -1.62. The Balaban J connectivity index is 1.97. The third-order valence-electron chi connectivity index (χ3n) is 4.58. The molecule has 0 radical (unpaired) electrons. The molecule has 23 heavy (non-hydrogen) atoms. The first-order valence-electron chi connectivity index (χ1n) is 8.34. The van der Waals surface area contributed by atoms with E-state index >= 15 is 0 Å². The van der Waals surface area contributed by atoms with Gasteiger partial charge in [-0.25, -0.2) is 4.39 Å². The average Bonchev–Trinajstić information content (AvgIpc) is 2.83. The molecule has 0 aromatic heterocycles. The monoisotopic (exact) mass is 322 g/mol. The van der Waals surface area contributed by atoms with Gasteiger partial charge < -0.3 is 9.64 Å². The number of likely N-dealkylation sites (N-methyl/N-ethyl adjacent to an activating group) is 1. The van der Waals surface area contributed by atoms with E-state index in [1.807, 2.05) is 29.8 Å². The minimum absolute atomic E-state index is 0.170. The van der Waals surface area contributed by atoms with Crippen LogP contribution < -0.4 is 4.74 Å². The van der Waals surface area contributed by atoms with Crippen LogP contribution in [0.3, 0.4) is 0 Å². The Morgan fingerprint density at radius 2 is 1.96 bits per heavy atom. The molecule has 0 N–H and O–H groups in total. The Morgan fingerprint density at radius 3 is 2.52 bits per heavy atom. The largest absolute Gasteiger partial charge is 0.494 e. The maximum Gasteiger partial charge on any atom is 0.239 e. The zero-order valence-electron chi connectivity index (χ0n) is 14.3. The Bertz CT molecular complexity index is 528. The van der Waals surface area contributed by atoms with Crippen LogP contribution in [0, 0.1) is 5.82 Å². The normalized spacial score (nSPS) is 17.0. The lowest BCUT2D eigenvalue weighted by Gasteiger charge is -2.30. The van der Waals surface area contributed by atoms with Gasteiger partial charge in [-0.3, -0.25) is 9.69 Å². The molecule has 0 bridgehead atoms. The number of carbonyl (C=O) groups is 1. The van der Waals surface area contributed by atoms with Crippen molar-refractivity contribution in [2.24, 2.45) is 0 Å². The summed E-state index contributed by atoms with van der Waals surface area (Å²) in [6, 6.07) is 4.72. The Labute approximate surface area is 138 Å². The molecule has 0 spiro atoms. The van der Waals surface area contributed by atoms with E-state index < -0.39 is 0 Å². The summed E-state index contributed by atoms with van der Waals surface area (Å²) in [5.41, 5.74) is 0.835. The van der Waals surface area contributed by atoms with Gasteiger partial charge in [-0.1, -0.05) is 18.9 Å². The SMILES string of the molecule is COc1ccc(CN(C)C(C)C(=O)N2CCCCCC2)cc1F. The second kappa shape index (κ2) is 8.29. The molecule has 128 valence electrons. The van der Waals surface area contributed by atoms with Gasteiger partial charge in [0, 0.05) is 19.6 Å². The predicted molar refractivity (Wildman–Crippen MR) is 88.9 cm³/mol. The minimum Gasteiger partial charge on any atom is -0.494 e. The van der Waals surface area contributed by atoms with Crippen LogP contribution in [0.15, 0.2) is 18.2 Å². The van der Waals surface area contributed by atoms with Crippen molar-refractivity contribution in [3.63, 3.8) is 0 Å². The van der Waals surface area contributed by atoms with Crippen molar-refractivity contribution in [1.82, 2.24) is 9.80 Å². The number of benzene rings is 1. The van der Waals surface area contributed by atoms with Crippen molar-refractivity contribution in [3.05, 3.63) is 29.6 Å². The van der Waals surface area contributed by atoms with E-state index in [2.05, 4.69) is 0 Å². The summed E-state index contributed by atoms with van der Waals surface area (Å²) >= 11 is 0. The van der Waals surface area contributed by atoms with E-state index in [4.69, 9.17) is 4.74 Å². The quantitative estimate of drug-likeness (QED) is 0.835. The number of methoxy groups -OCH3 is 1. The van der Waals surface area contributed by atoms with Crippen molar-refractivity contribution in [3.8, 4) is 5.75 Å². The zero-order valence-corrected chi connectivity index (χ0v) is 14.3. The van der Waals surface area contributed by atoms with E-state index in [-0.39, 0.29) is 23.5 Å². The highest BCUT2D eigenvalue weighted by molar-refractivity contribution is 5.81. The summed E-state index contributed by atoms with van der Waals surface area (Å²) < 4.78 is 18.7. The van der Waals surface area contributed by atoms with E-state index in [0.29, 0.717) is 6.54 Å². The predicted octanol–water partition coefficient (Wildman–Crippen LogP) is 3.06. The summed E-state index contributed by atoms with van der Waals surface area (Å²) in [7, 11) is 3.36. The first-order valence-corrected chi connectivity index (χ1v) is 8.34. The lowest BCUT2D eigenvalue weighted by atomic mass is 10.1. The van der Waals surface area contributed by atoms with Gasteiger partial charge in [-0.2, -0.15) is 0 Å². The third kappa shape index (κ3) is 4.67. The van der Waals surface area contributed by atoms with Crippen LogP contribution >= 0.6 is 0 Å². The molecule has 0 aliphatic carbocycles. The molecule has 5 heteroatoms. The molecule has 4 nitrogen and oxygen atoms in total. The van der Waals surface area contributed by atoms with Crippen LogP contribution in [0.5, 0.6) is 5.75 Å². The van der Waals surface area contributed by atoms with Crippen molar-refractivity contribution < 1.29 is 13.9 Å². The van der Waals surface area contributed by atoms with Crippen LogP contribution in [-0.2, 0) is 11.3 Å². The first kappa shape index (κ1) is 17.7. The fraction of sp³-hybridized carbons (Fsp3) is 0.611. The fourth-order valence-electron chi connectivity index (χ4n) is 2.98. The summed E-state index contributed by atoms with van der Waals surface area (Å²) in [4.78, 5) is 16.6. The highest BCUT2D eigenvalue weighted by atomic mass is 19.1. The van der Waals surface area contributed by atoms with Crippen LogP contribution in [0.25, 0.3) is 0 Å². The number of hydrogen-bond acceptors (Lipinski definition) is 3. The van der Waals surface area contributed by atoms with Crippen LogP contribution in [0.1, 0.15) is 38.2 Å². The number of rotatable bonds is 5. The van der Waals surface area contributed by atoms with E-state index in [9.17, 15) is 9.18 Å². The van der Waals surface area contributed by atoms with Gasteiger partial charge in [0.1, 0.15) is 0 Å². The molecule has 1 fully saturated rings. The van der Waals surface area contributed by atoms with Gasteiger partial charge in [0.2, 0.25) is 5.91 Å². The lowest BCUT2D eigenvalue weighted by Crippen LogP contribution is -2.45. The average molecular weight is 322 g/mol. The Kier molecular flexibility index (Phi) is 6.39. The molecule has 1 aliphatic rings. The second-order valence-corrected chi connectivity index (χ2v) is 6.30. The van der Waals surface area contributed by atoms with E-state index in [1.165, 1.54) is 26.0 Å². The maximum atomic E-state index is 13.8. The van der Waals surface area contributed by atoms with Crippen molar-refractivity contribution >= 4 is 5.91 Å². The summed E-state index contributed by atoms with van der Waals surface area (Å²) in [6.45, 7) is 4.16. The van der Waals surface area contributed by atoms with Gasteiger partial charge in [-0.15, -0.1) is 0 Å². The molecule has 0 saturated carbocycles. The molecule has 1 aliphatic heterocycles. The van der Waals surface area contributed by atoms with Gasteiger partial charge in [0.25, 0.3) is 0 Å². The number of carbonyl (C=O) groups excluding carboxylic acids is 1. The van der Waals surface area contributed by atoms with E-state index in [0.717, 1.165) is 31.5 Å². The van der Waals surface area contributed by atoms with Crippen LogP contribution in [-0.4, -0.2) is 49.0 Å². The molecular weight excluding hydrogens is 295 g/mol. The maximum absolute atomic E-state index is 13.8. The minimum atomic E-state index is -0.370. The van der Waals surface area contributed by atoms with Crippen molar-refractivity contribution in [1.29, 1.82) is 0 Å². The molecule has 2 rings (SSSR count). The van der Waals surface area contributed by atoms with Gasteiger partial charge in [0.05, 0.1) is 13.2 Å².